The second-order valence-electron chi connectivity index (χ2n) is 4.39. The normalized spacial score (nSPS) is 39.9. The van der Waals surface area contributed by atoms with Gasteiger partial charge in [-0.15, -0.1) is 0 Å². The van der Waals surface area contributed by atoms with E-state index in [2.05, 4.69) is 13.5 Å². The Morgan fingerprint density at radius 2 is 2.14 bits per heavy atom. The Bertz CT molecular complexity index is 270. The maximum absolute atomic E-state index is 11.3. The molecule has 2 bridgehead atoms. The fourth-order valence-electron chi connectivity index (χ4n) is 2.20. The van der Waals surface area contributed by atoms with Crippen LogP contribution in [-0.2, 0) is 14.3 Å². The summed E-state index contributed by atoms with van der Waals surface area (Å²) in [7, 11) is 0. The molecule has 0 aromatic carbocycles. The van der Waals surface area contributed by atoms with Crippen LogP contribution in [0.25, 0.3) is 0 Å². The van der Waals surface area contributed by atoms with Crippen LogP contribution in [0.2, 0.25) is 0 Å². The van der Waals surface area contributed by atoms with Gasteiger partial charge in [0.1, 0.15) is 6.10 Å². The van der Waals surface area contributed by atoms with Crippen LogP contribution in [0, 0.1) is 5.92 Å². The molecule has 78 valence electrons. The number of ether oxygens (including phenoxy) is 2. The van der Waals surface area contributed by atoms with Gasteiger partial charge in [0.15, 0.2) is 0 Å². The van der Waals surface area contributed by atoms with Crippen LogP contribution < -0.4 is 0 Å². The third-order valence-electron chi connectivity index (χ3n) is 3.07. The first-order chi connectivity index (χ1) is 6.58. The summed E-state index contributed by atoms with van der Waals surface area (Å²) in [4.78, 5) is 11.3. The van der Waals surface area contributed by atoms with Gasteiger partial charge in [-0.3, -0.25) is 0 Å². The molecule has 14 heavy (non-hydrogen) atoms. The predicted molar refractivity (Wildman–Crippen MR) is 51.8 cm³/mol. The zero-order valence-corrected chi connectivity index (χ0v) is 8.66. The van der Waals surface area contributed by atoms with E-state index in [-0.39, 0.29) is 18.2 Å². The van der Waals surface area contributed by atoms with Crippen LogP contribution in [0.1, 0.15) is 26.7 Å². The van der Waals surface area contributed by atoms with Crippen molar-refractivity contribution < 1.29 is 14.3 Å². The van der Waals surface area contributed by atoms with Crippen LogP contribution in [0.15, 0.2) is 12.2 Å². The second-order valence-corrected chi connectivity index (χ2v) is 4.39. The summed E-state index contributed by atoms with van der Waals surface area (Å²) in [5.41, 5.74) is 0.459. The maximum atomic E-state index is 11.3. The van der Waals surface area contributed by atoms with Crippen LogP contribution in [0.4, 0.5) is 0 Å². The van der Waals surface area contributed by atoms with Crippen LogP contribution in [0.3, 0.4) is 0 Å². The first-order valence-electron chi connectivity index (χ1n) is 5.10. The Morgan fingerprint density at radius 3 is 2.57 bits per heavy atom. The van der Waals surface area contributed by atoms with Crippen LogP contribution in [0.5, 0.6) is 0 Å². The molecular weight excluding hydrogens is 180 g/mol. The topological polar surface area (TPSA) is 35.5 Å². The molecule has 0 saturated carbocycles. The number of carbonyl (C=O) groups excluding carboxylic acids is 1. The summed E-state index contributed by atoms with van der Waals surface area (Å²) in [6.45, 7) is 7.41. The number of carbonyl (C=O) groups is 1. The van der Waals surface area contributed by atoms with E-state index < -0.39 is 0 Å². The Labute approximate surface area is 84.1 Å². The van der Waals surface area contributed by atoms with E-state index in [1.54, 1.807) is 6.92 Å². The van der Waals surface area contributed by atoms with E-state index in [0.29, 0.717) is 17.6 Å². The Morgan fingerprint density at radius 1 is 1.43 bits per heavy atom. The van der Waals surface area contributed by atoms with Gasteiger partial charge in [0.2, 0.25) is 0 Å². The summed E-state index contributed by atoms with van der Waals surface area (Å²) < 4.78 is 11.0. The van der Waals surface area contributed by atoms with Crippen molar-refractivity contribution in [1.82, 2.24) is 0 Å². The van der Waals surface area contributed by atoms with Gasteiger partial charge in [0, 0.05) is 12.0 Å². The fraction of sp³-hybridized carbons (Fsp3) is 0.727. The SMILES string of the molecule is C=C(C)C(=O)OC1CC2OC1CC2C. The summed E-state index contributed by atoms with van der Waals surface area (Å²) in [6, 6.07) is 0. The molecule has 3 nitrogen and oxygen atoms in total. The van der Waals surface area contributed by atoms with E-state index in [1.807, 2.05) is 0 Å². The molecule has 3 heteroatoms. The van der Waals surface area contributed by atoms with Crippen molar-refractivity contribution in [2.75, 3.05) is 0 Å². The lowest BCUT2D eigenvalue weighted by Gasteiger charge is -2.22. The lowest BCUT2D eigenvalue weighted by atomic mass is 9.89. The standard InChI is InChI=1S/C11H16O3/c1-6(2)11(12)14-10-5-8-7(3)4-9(10)13-8/h7-10H,1,4-5H2,2-3H3. The van der Waals surface area contributed by atoms with Crippen molar-refractivity contribution >= 4 is 5.97 Å². The Kier molecular flexibility index (Phi) is 2.35. The van der Waals surface area contributed by atoms with Crippen molar-refractivity contribution in [3.05, 3.63) is 12.2 Å². The van der Waals surface area contributed by atoms with Crippen LogP contribution >= 0.6 is 0 Å². The largest absolute Gasteiger partial charge is 0.456 e. The van der Waals surface area contributed by atoms with E-state index >= 15 is 0 Å². The third kappa shape index (κ3) is 1.57. The molecule has 0 aromatic heterocycles. The molecule has 0 aliphatic carbocycles. The highest BCUT2D eigenvalue weighted by atomic mass is 16.6. The maximum Gasteiger partial charge on any atom is 0.333 e. The number of rotatable bonds is 2. The third-order valence-corrected chi connectivity index (χ3v) is 3.07. The molecule has 0 spiro atoms. The van der Waals surface area contributed by atoms with Gasteiger partial charge in [-0.05, 0) is 19.3 Å². The zero-order chi connectivity index (χ0) is 10.3. The van der Waals surface area contributed by atoms with Gasteiger partial charge in [-0.25, -0.2) is 4.79 Å². The molecule has 4 unspecified atom stereocenters. The van der Waals surface area contributed by atoms with Crippen LogP contribution in [-0.4, -0.2) is 24.3 Å². The monoisotopic (exact) mass is 196 g/mol. The quantitative estimate of drug-likeness (QED) is 0.498. The average Bonchev–Trinajstić information content (AvgIpc) is 2.62. The van der Waals surface area contributed by atoms with Gasteiger partial charge < -0.3 is 9.47 Å². The summed E-state index contributed by atoms with van der Waals surface area (Å²) in [5.74, 6) is 0.318. The highest BCUT2D eigenvalue weighted by molar-refractivity contribution is 5.87. The highest BCUT2D eigenvalue weighted by Gasteiger charge is 2.47. The number of hydrogen-bond acceptors (Lipinski definition) is 3. The summed E-state index contributed by atoms with van der Waals surface area (Å²) >= 11 is 0. The van der Waals surface area contributed by atoms with Crippen molar-refractivity contribution in [2.45, 2.75) is 45.0 Å². The predicted octanol–water partition coefficient (Wildman–Crippen LogP) is 1.67. The molecule has 0 aromatic rings. The number of fused-ring (bicyclic) bond motifs is 2. The van der Waals surface area contributed by atoms with Gasteiger partial charge in [-0.2, -0.15) is 0 Å². The van der Waals surface area contributed by atoms with Gasteiger partial charge in [0.25, 0.3) is 0 Å². The van der Waals surface area contributed by atoms with Gasteiger partial charge in [-0.1, -0.05) is 13.5 Å². The molecule has 2 rings (SSSR count). The Hall–Kier alpha value is -0.830. The molecule has 0 amide bonds. The summed E-state index contributed by atoms with van der Waals surface area (Å²) in [6.07, 6.45) is 2.24. The van der Waals surface area contributed by atoms with E-state index in [4.69, 9.17) is 9.47 Å². The smallest absolute Gasteiger partial charge is 0.333 e. The molecule has 4 atom stereocenters. The lowest BCUT2D eigenvalue weighted by Crippen LogP contribution is -2.31. The molecule has 2 aliphatic rings. The first kappa shape index (κ1) is 9.71. The molecule has 2 fully saturated rings. The van der Waals surface area contributed by atoms with Gasteiger partial charge in [0.05, 0.1) is 12.2 Å². The van der Waals surface area contributed by atoms with Crippen molar-refractivity contribution in [1.29, 1.82) is 0 Å². The molecule has 0 radical (unpaired) electrons. The van der Waals surface area contributed by atoms with E-state index in [1.165, 1.54) is 0 Å². The number of hydrogen-bond donors (Lipinski definition) is 0. The van der Waals surface area contributed by atoms with E-state index in [0.717, 1.165) is 12.8 Å². The fourth-order valence-corrected chi connectivity index (χ4v) is 2.20. The number of esters is 1. The highest BCUT2D eigenvalue weighted by Crippen LogP contribution is 2.40. The van der Waals surface area contributed by atoms with Crippen molar-refractivity contribution in [3.8, 4) is 0 Å². The summed E-state index contributed by atoms with van der Waals surface area (Å²) in [5, 5.41) is 0. The van der Waals surface area contributed by atoms with E-state index in [9.17, 15) is 4.79 Å². The minimum absolute atomic E-state index is 0.0413. The zero-order valence-electron chi connectivity index (χ0n) is 8.66. The minimum Gasteiger partial charge on any atom is -0.456 e. The lowest BCUT2D eigenvalue weighted by molar-refractivity contribution is -0.146. The molecule has 2 aliphatic heterocycles. The van der Waals surface area contributed by atoms with Crippen molar-refractivity contribution in [3.63, 3.8) is 0 Å². The molecular formula is C11H16O3. The van der Waals surface area contributed by atoms with Gasteiger partial charge >= 0.3 is 5.97 Å². The average molecular weight is 196 g/mol. The van der Waals surface area contributed by atoms with Crippen molar-refractivity contribution in [2.24, 2.45) is 5.92 Å². The second kappa shape index (κ2) is 3.39. The Balaban J connectivity index is 1.91. The first-order valence-corrected chi connectivity index (χ1v) is 5.10. The molecule has 2 heterocycles. The molecule has 2 saturated heterocycles. The minimum atomic E-state index is -0.293. The molecule has 0 N–H and O–H groups in total.